The lowest BCUT2D eigenvalue weighted by molar-refractivity contribution is 0.149. The Balaban J connectivity index is 2.60. The Kier molecular flexibility index (Phi) is 5.96. The Hall–Kier alpha value is -1.00. The smallest absolute Gasteiger partial charge is 0.0756 e. The lowest BCUT2D eigenvalue weighted by Gasteiger charge is -2.20. The second-order valence-corrected chi connectivity index (χ2v) is 4.04. The maximum Gasteiger partial charge on any atom is 0.0756 e. The first-order chi connectivity index (χ1) is 7.77. The molecule has 2 unspecified atom stereocenters. The minimum Gasteiger partial charge on any atom is -0.384 e. The fourth-order valence-electron chi connectivity index (χ4n) is 1.80. The van der Waals surface area contributed by atoms with Crippen LogP contribution in [0.2, 0.25) is 0 Å². The third-order valence-corrected chi connectivity index (χ3v) is 2.48. The standard InChI is InChI=1S/C12H21N3O/c1-4-14-11(7-10(2)9-16-3)12-8-13-5-6-15-12/h5-6,8,10-11,14H,4,7,9H2,1-3H3. The van der Waals surface area contributed by atoms with E-state index in [0.29, 0.717) is 5.92 Å². The molecule has 0 spiro atoms. The van der Waals surface area contributed by atoms with Gasteiger partial charge in [-0.1, -0.05) is 13.8 Å². The molecule has 0 aliphatic heterocycles. The zero-order chi connectivity index (χ0) is 11.8. The summed E-state index contributed by atoms with van der Waals surface area (Å²) in [5.74, 6) is 0.510. The van der Waals surface area contributed by atoms with Crippen LogP contribution in [-0.2, 0) is 4.74 Å². The summed E-state index contributed by atoms with van der Waals surface area (Å²) in [6, 6.07) is 0.267. The zero-order valence-corrected chi connectivity index (χ0v) is 10.3. The van der Waals surface area contributed by atoms with Gasteiger partial charge in [0.2, 0.25) is 0 Å². The monoisotopic (exact) mass is 223 g/mol. The van der Waals surface area contributed by atoms with Crippen molar-refractivity contribution in [2.75, 3.05) is 20.3 Å². The van der Waals surface area contributed by atoms with Gasteiger partial charge in [-0.2, -0.15) is 0 Å². The van der Waals surface area contributed by atoms with Gasteiger partial charge >= 0.3 is 0 Å². The van der Waals surface area contributed by atoms with E-state index in [-0.39, 0.29) is 6.04 Å². The summed E-state index contributed by atoms with van der Waals surface area (Å²) in [5, 5.41) is 3.43. The molecular weight excluding hydrogens is 202 g/mol. The Labute approximate surface area is 97.5 Å². The molecule has 0 fully saturated rings. The van der Waals surface area contributed by atoms with Gasteiger partial charge in [0.1, 0.15) is 0 Å². The second kappa shape index (κ2) is 7.30. The summed E-state index contributed by atoms with van der Waals surface area (Å²) in [6.07, 6.45) is 6.28. The van der Waals surface area contributed by atoms with Gasteiger partial charge in [0, 0.05) is 32.3 Å². The first-order valence-corrected chi connectivity index (χ1v) is 5.76. The number of hydrogen-bond acceptors (Lipinski definition) is 4. The normalized spacial score (nSPS) is 14.7. The molecule has 0 aliphatic carbocycles. The third kappa shape index (κ3) is 4.24. The molecule has 16 heavy (non-hydrogen) atoms. The van der Waals surface area contributed by atoms with E-state index >= 15 is 0 Å². The molecule has 0 saturated heterocycles. The maximum atomic E-state index is 5.15. The van der Waals surface area contributed by atoms with Gasteiger partial charge in [-0.25, -0.2) is 0 Å². The molecule has 1 N–H and O–H groups in total. The van der Waals surface area contributed by atoms with Crippen molar-refractivity contribution in [3.8, 4) is 0 Å². The van der Waals surface area contributed by atoms with Crippen molar-refractivity contribution in [1.29, 1.82) is 0 Å². The Morgan fingerprint density at radius 1 is 1.44 bits per heavy atom. The van der Waals surface area contributed by atoms with E-state index in [1.54, 1.807) is 19.5 Å². The van der Waals surface area contributed by atoms with E-state index in [9.17, 15) is 0 Å². The number of hydrogen-bond donors (Lipinski definition) is 1. The van der Waals surface area contributed by atoms with E-state index in [1.165, 1.54) is 0 Å². The van der Waals surface area contributed by atoms with Gasteiger partial charge in [-0.15, -0.1) is 0 Å². The van der Waals surface area contributed by atoms with Crippen LogP contribution in [0, 0.1) is 5.92 Å². The van der Waals surface area contributed by atoms with Gasteiger partial charge in [0.05, 0.1) is 11.7 Å². The summed E-state index contributed by atoms with van der Waals surface area (Å²) < 4.78 is 5.15. The van der Waals surface area contributed by atoms with Crippen molar-refractivity contribution in [3.05, 3.63) is 24.3 Å². The molecule has 0 aromatic carbocycles. The lowest BCUT2D eigenvalue weighted by Crippen LogP contribution is -2.25. The predicted octanol–water partition coefficient (Wildman–Crippen LogP) is 1.80. The number of nitrogens with one attached hydrogen (secondary N) is 1. The van der Waals surface area contributed by atoms with Crippen LogP contribution < -0.4 is 5.32 Å². The van der Waals surface area contributed by atoms with Gasteiger partial charge < -0.3 is 10.1 Å². The molecular formula is C12H21N3O. The summed E-state index contributed by atoms with van der Waals surface area (Å²) in [4.78, 5) is 8.45. The van der Waals surface area contributed by atoms with Crippen LogP contribution in [0.4, 0.5) is 0 Å². The van der Waals surface area contributed by atoms with Crippen molar-refractivity contribution < 1.29 is 4.74 Å². The van der Waals surface area contributed by atoms with Crippen molar-refractivity contribution in [2.24, 2.45) is 5.92 Å². The topological polar surface area (TPSA) is 47.0 Å². The highest BCUT2D eigenvalue weighted by molar-refractivity contribution is 5.02. The number of rotatable bonds is 7. The van der Waals surface area contributed by atoms with Crippen LogP contribution in [0.15, 0.2) is 18.6 Å². The Morgan fingerprint density at radius 3 is 2.81 bits per heavy atom. The van der Waals surface area contributed by atoms with Crippen LogP contribution >= 0.6 is 0 Å². The molecule has 1 aromatic heterocycles. The summed E-state index contributed by atoms with van der Waals surface area (Å²) in [6.45, 7) is 6.00. The summed E-state index contributed by atoms with van der Waals surface area (Å²) in [5.41, 5.74) is 1.01. The quantitative estimate of drug-likeness (QED) is 0.765. The number of nitrogens with zero attached hydrogens (tertiary/aromatic N) is 2. The molecule has 4 nitrogen and oxygen atoms in total. The molecule has 0 saturated carbocycles. The van der Waals surface area contributed by atoms with Gasteiger partial charge in [0.15, 0.2) is 0 Å². The fourth-order valence-corrected chi connectivity index (χ4v) is 1.80. The van der Waals surface area contributed by atoms with Crippen molar-refractivity contribution in [3.63, 3.8) is 0 Å². The van der Waals surface area contributed by atoms with Crippen molar-refractivity contribution in [2.45, 2.75) is 26.3 Å². The van der Waals surface area contributed by atoms with Crippen LogP contribution in [0.5, 0.6) is 0 Å². The molecule has 1 rings (SSSR count). The molecule has 0 radical (unpaired) electrons. The Bertz CT molecular complexity index is 279. The Morgan fingerprint density at radius 2 is 2.25 bits per heavy atom. The molecule has 0 bridgehead atoms. The van der Waals surface area contributed by atoms with E-state index in [4.69, 9.17) is 4.74 Å². The highest BCUT2D eigenvalue weighted by Gasteiger charge is 2.15. The predicted molar refractivity (Wildman–Crippen MR) is 64.1 cm³/mol. The SMILES string of the molecule is CCNC(CC(C)COC)c1cnccn1. The third-order valence-electron chi connectivity index (χ3n) is 2.48. The average Bonchev–Trinajstić information content (AvgIpc) is 2.30. The number of methoxy groups -OCH3 is 1. The molecule has 0 aliphatic rings. The van der Waals surface area contributed by atoms with Crippen molar-refractivity contribution in [1.82, 2.24) is 15.3 Å². The molecule has 1 heterocycles. The average molecular weight is 223 g/mol. The van der Waals surface area contributed by atoms with Gasteiger partial charge in [-0.3, -0.25) is 9.97 Å². The second-order valence-electron chi connectivity index (χ2n) is 4.04. The van der Waals surface area contributed by atoms with Gasteiger partial charge in [0.25, 0.3) is 0 Å². The van der Waals surface area contributed by atoms with E-state index in [2.05, 4.69) is 29.1 Å². The van der Waals surface area contributed by atoms with E-state index in [1.807, 2.05) is 6.20 Å². The van der Waals surface area contributed by atoms with Crippen LogP contribution in [0.25, 0.3) is 0 Å². The molecule has 1 aromatic rings. The number of ether oxygens (including phenoxy) is 1. The minimum atomic E-state index is 0.267. The maximum absolute atomic E-state index is 5.15. The summed E-state index contributed by atoms with van der Waals surface area (Å²) >= 11 is 0. The van der Waals surface area contributed by atoms with Gasteiger partial charge in [-0.05, 0) is 18.9 Å². The van der Waals surface area contributed by atoms with Crippen LogP contribution in [-0.4, -0.2) is 30.2 Å². The van der Waals surface area contributed by atoms with Crippen LogP contribution in [0.3, 0.4) is 0 Å². The van der Waals surface area contributed by atoms with E-state index < -0.39 is 0 Å². The zero-order valence-electron chi connectivity index (χ0n) is 10.3. The first kappa shape index (κ1) is 13.1. The highest BCUT2D eigenvalue weighted by atomic mass is 16.5. The van der Waals surface area contributed by atoms with Crippen molar-refractivity contribution >= 4 is 0 Å². The molecule has 90 valence electrons. The largest absolute Gasteiger partial charge is 0.384 e. The minimum absolute atomic E-state index is 0.267. The number of aromatic nitrogens is 2. The molecule has 4 heteroatoms. The molecule has 0 amide bonds. The molecule has 2 atom stereocenters. The lowest BCUT2D eigenvalue weighted by atomic mass is 10.0. The fraction of sp³-hybridized carbons (Fsp3) is 0.667. The highest BCUT2D eigenvalue weighted by Crippen LogP contribution is 2.18. The van der Waals surface area contributed by atoms with Crippen LogP contribution in [0.1, 0.15) is 32.0 Å². The van der Waals surface area contributed by atoms with E-state index in [0.717, 1.165) is 25.3 Å². The first-order valence-electron chi connectivity index (χ1n) is 5.76. The summed E-state index contributed by atoms with van der Waals surface area (Å²) in [7, 11) is 1.74.